The van der Waals surface area contributed by atoms with Crippen LogP contribution in [0.25, 0.3) is 0 Å². The first-order valence-electron chi connectivity index (χ1n) is 7.09. The second kappa shape index (κ2) is 5.16. The van der Waals surface area contributed by atoms with Crippen molar-refractivity contribution in [2.24, 2.45) is 17.8 Å². The first-order valence-corrected chi connectivity index (χ1v) is 7.09. The molecule has 1 aromatic carbocycles. The van der Waals surface area contributed by atoms with Gasteiger partial charge in [0.15, 0.2) is 0 Å². The van der Waals surface area contributed by atoms with Crippen molar-refractivity contribution in [2.75, 3.05) is 5.32 Å². The molecule has 0 heterocycles. The average Bonchev–Trinajstić information content (AvgIpc) is 3.02. The maximum atomic E-state index is 12.0. The molecule has 2 fully saturated rings. The number of aldehydes is 1. The van der Waals surface area contributed by atoms with Crippen molar-refractivity contribution in [1.82, 2.24) is 0 Å². The molecule has 1 N–H and O–H groups in total. The molecule has 2 saturated carbocycles. The summed E-state index contributed by atoms with van der Waals surface area (Å²) in [5, 5.41) is 2.92. The molecule has 3 unspecified atom stereocenters. The van der Waals surface area contributed by atoms with E-state index < -0.39 is 0 Å². The zero-order valence-corrected chi connectivity index (χ0v) is 11.0. The Hall–Kier alpha value is -1.64. The number of amides is 1. The number of rotatable bonds is 4. The van der Waals surface area contributed by atoms with E-state index in [1.165, 1.54) is 25.7 Å². The van der Waals surface area contributed by atoms with Crippen LogP contribution >= 0.6 is 0 Å². The van der Waals surface area contributed by atoms with Gasteiger partial charge in [0.1, 0.15) is 6.29 Å². The van der Waals surface area contributed by atoms with Gasteiger partial charge in [0.05, 0.1) is 0 Å². The number of hydrogen-bond acceptors (Lipinski definition) is 2. The Balaban J connectivity index is 1.54. The summed E-state index contributed by atoms with van der Waals surface area (Å²) in [5.74, 6) is 2.37. The van der Waals surface area contributed by atoms with Crippen molar-refractivity contribution < 1.29 is 9.59 Å². The van der Waals surface area contributed by atoms with Gasteiger partial charge in [-0.2, -0.15) is 0 Å². The number of benzene rings is 1. The highest BCUT2D eigenvalue weighted by Crippen LogP contribution is 2.49. The van der Waals surface area contributed by atoms with Crippen LogP contribution in [0.15, 0.2) is 24.3 Å². The van der Waals surface area contributed by atoms with Crippen LogP contribution in [0.2, 0.25) is 0 Å². The number of fused-ring (bicyclic) bond motifs is 2. The van der Waals surface area contributed by atoms with Gasteiger partial charge in [-0.15, -0.1) is 0 Å². The van der Waals surface area contributed by atoms with Gasteiger partial charge in [-0.3, -0.25) is 9.59 Å². The van der Waals surface area contributed by atoms with E-state index in [1.807, 2.05) is 0 Å². The first-order chi connectivity index (χ1) is 9.24. The molecule has 3 atom stereocenters. The molecule has 19 heavy (non-hydrogen) atoms. The Bertz CT molecular complexity index is 480. The van der Waals surface area contributed by atoms with Crippen molar-refractivity contribution in [3.63, 3.8) is 0 Å². The molecule has 3 heteroatoms. The van der Waals surface area contributed by atoms with Gasteiger partial charge in [0.25, 0.3) is 0 Å². The van der Waals surface area contributed by atoms with Crippen molar-refractivity contribution in [3.8, 4) is 0 Å². The molecule has 0 spiro atoms. The number of nitrogens with one attached hydrogen (secondary N) is 1. The standard InChI is InChI=1S/C16H19NO2/c18-10-11-2-5-15(6-3-11)17-16(19)9-14-8-12-1-4-13(14)7-12/h2-3,5-6,10,12-14H,1,4,7-9H2,(H,17,19). The van der Waals surface area contributed by atoms with E-state index in [2.05, 4.69) is 5.32 Å². The molecule has 1 aromatic rings. The normalized spacial score (nSPS) is 28.3. The maximum Gasteiger partial charge on any atom is 0.224 e. The van der Waals surface area contributed by atoms with Crippen LogP contribution in [-0.4, -0.2) is 12.2 Å². The molecule has 3 rings (SSSR count). The largest absolute Gasteiger partial charge is 0.326 e. The van der Waals surface area contributed by atoms with Crippen molar-refractivity contribution in [3.05, 3.63) is 29.8 Å². The third kappa shape index (κ3) is 2.70. The highest BCUT2D eigenvalue weighted by Gasteiger charge is 2.40. The molecule has 0 saturated heterocycles. The van der Waals surface area contributed by atoms with Crippen molar-refractivity contribution in [1.29, 1.82) is 0 Å². The molecule has 0 aromatic heterocycles. The highest BCUT2D eigenvalue weighted by molar-refractivity contribution is 5.91. The third-order valence-corrected chi connectivity index (χ3v) is 4.66. The van der Waals surface area contributed by atoms with Gasteiger partial charge in [-0.25, -0.2) is 0 Å². The quantitative estimate of drug-likeness (QED) is 0.841. The zero-order valence-electron chi connectivity index (χ0n) is 11.0. The summed E-state index contributed by atoms with van der Waals surface area (Å²) in [6.45, 7) is 0. The van der Waals surface area contributed by atoms with E-state index in [1.54, 1.807) is 24.3 Å². The molecule has 2 aliphatic rings. The number of anilines is 1. The van der Waals surface area contributed by atoms with E-state index in [4.69, 9.17) is 0 Å². The second-order valence-corrected chi connectivity index (χ2v) is 5.93. The van der Waals surface area contributed by atoms with Gasteiger partial charge >= 0.3 is 0 Å². The lowest BCUT2D eigenvalue weighted by molar-refractivity contribution is -0.117. The van der Waals surface area contributed by atoms with Gasteiger partial charge in [0.2, 0.25) is 5.91 Å². The summed E-state index contributed by atoms with van der Waals surface area (Å²) < 4.78 is 0. The van der Waals surface area contributed by atoms with Gasteiger partial charge in [-0.05, 0) is 61.3 Å². The highest BCUT2D eigenvalue weighted by atomic mass is 16.1. The molecular formula is C16H19NO2. The summed E-state index contributed by atoms with van der Waals surface area (Å²) in [6, 6.07) is 7.01. The topological polar surface area (TPSA) is 46.2 Å². The molecule has 0 radical (unpaired) electrons. The van der Waals surface area contributed by atoms with Crippen LogP contribution in [0.5, 0.6) is 0 Å². The maximum absolute atomic E-state index is 12.0. The fraction of sp³-hybridized carbons (Fsp3) is 0.500. The molecular weight excluding hydrogens is 238 g/mol. The summed E-state index contributed by atoms with van der Waals surface area (Å²) >= 11 is 0. The van der Waals surface area contributed by atoms with E-state index in [-0.39, 0.29) is 5.91 Å². The summed E-state index contributed by atoms with van der Waals surface area (Å²) in [7, 11) is 0. The lowest BCUT2D eigenvalue weighted by Gasteiger charge is -2.20. The number of hydrogen-bond donors (Lipinski definition) is 1. The SMILES string of the molecule is O=Cc1ccc(NC(=O)CC2CC3CCC2C3)cc1. The van der Waals surface area contributed by atoms with Crippen molar-refractivity contribution >= 4 is 17.9 Å². The lowest BCUT2D eigenvalue weighted by atomic mass is 9.86. The van der Waals surface area contributed by atoms with E-state index in [0.29, 0.717) is 17.9 Å². The molecule has 0 aliphatic heterocycles. The van der Waals surface area contributed by atoms with Crippen LogP contribution in [0.3, 0.4) is 0 Å². The minimum Gasteiger partial charge on any atom is -0.326 e. The summed E-state index contributed by atoms with van der Waals surface area (Å²) in [4.78, 5) is 22.6. The summed E-state index contributed by atoms with van der Waals surface area (Å²) in [6.07, 6.45) is 6.72. The third-order valence-electron chi connectivity index (χ3n) is 4.66. The Labute approximate surface area is 113 Å². The van der Waals surface area contributed by atoms with Crippen LogP contribution in [-0.2, 0) is 4.79 Å². The monoisotopic (exact) mass is 257 g/mol. The predicted molar refractivity (Wildman–Crippen MR) is 74.0 cm³/mol. The van der Waals surface area contributed by atoms with Crippen LogP contribution in [0.1, 0.15) is 42.5 Å². The number of carbonyl (C=O) groups is 2. The summed E-state index contributed by atoms with van der Waals surface area (Å²) in [5.41, 5.74) is 1.41. The molecule has 1 amide bonds. The van der Waals surface area contributed by atoms with Gasteiger partial charge < -0.3 is 5.32 Å². The van der Waals surface area contributed by atoms with E-state index >= 15 is 0 Å². The Kier molecular flexibility index (Phi) is 3.36. The molecule has 100 valence electrons. The van der Waals surface area contributed by atoms with Gasteiger partial charge in [0, 0.05) is 17.7 Å². The Morgan fingerprint density at radius 1 is 1.21 bits per heavy atom. The lowest BCUT2D eigenvalue weighted by Crippen LogP contribution is -2.20. The smallest absolute Gasteiger partial charge is 0.224 e. The molecule has 3 nitrogen and oxygen atoms in total. The minimum atomic E-state index is 0.108. The van der Waals surface area contributed by atoms with Gasteiger partial charge in [-0.1, -0.05) is 6.42 Å². The van der Waals surface area contributed by atoms with E-state index in [9.17, 15) is 9.59 Å². The van der Waals surface area contributed by atoms with Crippen LogP contribution in [0, 0.1) is 17.8 Å². The fourth-order valence-corrected chi connectivity index (χ4v) is 3.72. The Morgan fingerprint density at radius 2 is 2.00 bits per heavy atom. The number of carbonyl (C=O) groups excluding carboxylic acids is 2. The molecule has 2 bridgehead atoms. The second-order valence-electron chi connectivity index (χ2n) is 5.93. The van der Waals surface area contributed by atoms with Crippen LogP contribution in [0.4, 0.5) is 5.69 Å². The Morgan fingerprint density at radius 3 is 2.58 bits per heavy atom. The molecule has 2 aliphatic carbocycles. The average molecular weight is 257 g/mol. The van der Waals surface area contributed by atoms with Crippen LogP contribution < -0.4 is 5.32 Å². The fourth-order valence-electron chi connectivity index (χ4n) is 3.72. The van der Waals surface area contributed by atoms with Crippen molar-refractivity contribution in [2.45, 2.75) is 32.1 Å². The first kappa shape index (κ1) is 12.4. The van der Waals surface area contributed by atoms with E-state index in [0.717, 1.165) is 23.8 Å². The zero-order chi connectivity index (χ0) is 13.2. The predicted octanol–water partition coefficient (Wildman–Crippen LogP) is 3.26. The minimum absolute atomic E-state index is 0.108.